The van der Waals surface area contributed by atoms with Crippen LogP contribution >= 0.6 is 15.9 Å². The van der Waals surface area contributed by atoms with Crippen LogP contribution in [-0.4, -0.2) is 5.11 Å². The molecule has 1 aromatic rings. The quantitative estimate of drug-likeness (QED) is 0.832. The van der Waals surface area contributed by atoms with Crippen molar-refractivity contribution in [3.63, 3.8) is 0 Å². The van der Waals surface area contributed by atoms with E-state index in [1.54, 1.807) is 6.07 Å². The summed E-state index contributed by atoms with van der Waals surface area (Å²) in [6, 6.07) is 4.30. The minimum Gasteiger partial charge on any atom is -0.388 e. The fourth-order valence-electron chi connectivity index (χ4n) is 0.990. The lowest BCUT2D eigenvalue weighted by Crippen LogP contribution is -1.96. The zero-order valence-corrected chi connectivity index (χ0v) is 8.31. The van der Waals surface area contributed by atoms with Gasteiger partial charge >= 0.3 is 0 Å². The van der Waals surface area contributed by atoms with Crippen LogP contribution in [0.25, 0.3) is 0 Å². The third-order valence-electron chi connectivity index (χ3n) is 1.70. The maximum absolute atomic E-state index is 12.7. The van der Waals surface area contributed by atoms with E-state index >= 15 is 0 Å². The lowest BCUT2D eigenvalue weighted by molar-refractivity contribution is 0.172. The Morgan fingerprint density at radius 2 is 2.25 bits per heavy atom. The molecule has 3 heteroatoms. The summed E-state index contributed by atoms with van der Waals surface area (Å²) in [6.07, 6.45) is -0.00252. The number of halogens is 2. The second kappa shape index (κ2) is 4.01. The molecule has 1 aromatic carbocycles. The summed E-state index contributed by atoms with van der Waals surface area (Å²) in [4.78, 5) is 0. The summed E-state index contributed by atoms with van der Waals surface area (Å²) in [7, 11) is 0. The molecule has 0 aliphatic rings. The van der Waals surface area contributed by atoms with Crippen molar-refractivity contribution >= 4 is 15.9 Å². The van der Waals surface area contributed by atoms with Crippen molar-refractivity contribution in [2.24, 2.45) is 0 Å². The van der Waals surface area contributed by atoms with Crippen molar-refractivity contribution in [3.05, 3.63) is 34.1 Å². The first-order valence-corrected chi connectivity index (χ1v) is 4.57. The Hall–Kier alpha value is -0.410. The molecule has 1 nitrogen and oxygen atoms in total. The maximum Gasteiger partial charge on any atom is 0.123 e. The number of benzene rings is 1. The van der Waals surface area contributed by atoms with E-state index in [-0.39, 0.29) is 5.82 Å². The van der Waals surface area contributed by atoms with Crippen LogP contribution in [0.1, 0.15) is 25.0 Å². The predicted octanol–water partition coefficient (Wildman–Crippen LogP) is 3.03. The number of aliphatic hydroxyl groups is 1. The van der Waals surface area contributed by atoms with Gasteiger partial charge in [0, 0.05) is 4.47 Å². The third-order valence-corrected chi connectivity index (χ3v) is 2.43. The molecule has 0 aromatic heterocycles. The Balaban J connectivity index is 3.04. The van der Waals surface area contributed by atoms with Crippen molar-refractivity contribution in [3.8, 4) is 0 Å². The van der Waals surface area contributed by atoms with E-state index < -0.39 is 6.10 Å². The van der Waals surface area contributed by atoms with Crippen molar-refractivity contribution in [1.82, 2.24) is 0 Å². The smallest absolute Gasteiger partial charge is 0.123 e. The van der Waals surface area contributed by atoms with E-state index in [0.29, 0.717) is 12.0 Å². The monoisotopic (exact) mass is 232 g/mol. The summed E-state index contributed by atoms with van der Waals surface area (Å²) < 4.78 is 13.5. The van der Waals surface area contributed by atoms with E-state index in [4.69, 9.17) is 0 Å². The molecule has 0 heterocycles. The SMILES string of the molecule is CC[C@@H](O)c1cc(F)ccc1Br. The molecule has 12 heavy (non-hydrogen) atoms. The van der Waals surface area contributed by atoms with E-state index in [1.807, 2.05) is 6.92 Å². The number of hydrogen-bond acceptors (Lipinski definition) is 1. The van der Waals surface area contributed by atoms with Gasteiger partial charge in [-0.3, -0.25) is 0 Å². The summed E-state index contributed by atoms with van der Waals surface area (Å²) >= 11 is 3.25. The van der Waals surface area contributed by atoms with Gasteiger partial charge in [-0.2, -0.15) is 0 Å². The zero-order chi connectivity index (χ0) is 9.14. The van der Waals surface area contributed by atoms with Gasteiger partial charge in [0.1, 0.15) is 5.82 Å². The number of aliphatic hydroxyl groups excluding tert-OH is 1. The highest BCUT2D eigenvalue weighted by Crippen LogP contribution is 2.25. The number of rotatable bonds is 2. The Morgan fingerprint density at radius 1 is 1.58 bits per heavy atom. The Morgan fingerprint density at radius 3 is 2.83 bits per heavy atom. The van der Waals surface area contributed by atoms with Crippen LogP contribution in [0.15, 0.2) is 22.7 Å². The van der Waals surface area contributed by atoms with Crippen LogP contribution in [0.4, 0.5) is 4.39 Å². The van der Waals surface area contributed by atoms with E-state index in [0.717, 1.165) is 4.47 Å². The molecule has 0 radical (unpaired) electrons. The highest BCUT2D eigenvalue weighted by Gasteiger charge is 2.09. The van der Waals surface area contributed by atoms with Gasteiger partial charge in [0.15, 0.2) is 0 Å². The fourth-order valence-corrected chi connectivity index (χ4v) is 1.50. The molecule has 0 amide bonds. The molecular formula is C9H10BrFO. The molecule has 0 saturated carbocycles. The van der Waals surface area contributed by atoms with Crippen molar-refractivity contribution < 1.29 is 9.50 Å². The molecule has 0 fully saturated rings. The topological polar surface area (TPSA) is 20.2 Å². The highest BCUT2D eigenvalue weighted by atomic mass is 79.9. The van der Waals surface area contributed by atoms with Crippen molar-refractivity contribution in [1.29, 1.82) is 0 Å². The van der Waals surface area contributed by atoms with Gasteiger partial charge in [-0.05, 0) is 30.2 Å². The summed E-state index contributed by atoms with van der Waals surface area (Å²) in [5.41, 5.74) is 0.609. The molecular weight excluding hydrogens is 223 g/mol. The highest BCUT2D eigenvalue weighted by molar-refractivity contribution is 9.10. The van der Waals surface area contributed by atoms with Crippen molar-refractivity contribution in [2.75, 3.05) is 0 Å². The predicted molar refractivity (Wildman–Crippen MR) is 49.4 cm³/mol. The largest absolute Gasteiger partial charge is 0.388 e. The van der Waals surface area contributed by atoms with Crippen LogP contribution < -0.4 is 0 Å². The van der Waals surface area contributed by atoms with Gasteiger partial charge < -0.3 is 5.11 Å². The lowest BCUT2D eigenvalue weighted by atomic mass is 10.1. The second-order valence-corrected chi connectivity index (χ2v) is 3.44. The van der Waals surface area contributed by atoms with Crippen LogP contribution in [0.2, 0.25) is 0 Å². The summed E-state index contributed by atoms with van der Waals surface area (Å²) in [6.45, 7) is 1.85. The first-order chi connectivity index (χ1) is 5.65. The van der Waals surface area contributed by atoms with E-state index in [9.17, 15) is 9.50 Å². The van der Waals surface area contributed by atoms with Gasteiger partial charge in [0.25, 0.3) is 0 Å². The van der Waals surface area contributed by atoms with E-state index in [1.165, 1.54) is 12.1 Å². The molecule has 66 valence electrons. The van der Waals surface area contributed by atoms with Crippen LogP contribution in [-0.2, 0) is 0 Å². The van der Waals surface area contributed by atoms with Crippen LogP contribution in [0, 0.1) is 5.82 Å². The number of hydrogen-bond donors (Lipinski definition) is 1. The lowest BCUT2D eigenvalue weighted by Gasteiger charge is -2.09. The third kappa shape index (κ3) is 2.05. The zero-order valence-electron chi connectivity index (χ0n) is 6.72. The average molecular weight is 233 g/mol. The molecule has 0 bridgehead atoms. The summed E-state index contributed by atoms with van der Waals surface area (Å²) in [5, 5.41) is 9.44. The van der Waals surface area contributed by atoms with Gasteiger partial charge in [-0.15, -0.1) is 0 Å². The maximum atomic E-state index is 12.7. The minimum absolute atomic E-state index is 0.319. The molecule has 0 aliphatic carbocycles. The van der Waals surface area contributed by atoms with Gasteiger partial charge in [-0.1, -0.05) is 22.9 Å². The van der Waals surface area contributed by atoms with E-state index in [2.05, 4.69) is 15.9 Å². The second-order valence-electron chi connectivity index (χ2n) is 2.59. The average Bonchev–Trinajstić information content (AvgIpc) is 2.08. The summed E-state index contributed by atoms with van der Waals surface area (Å²) in [5.74, 6) is -0.319. The Bertz CT molecular complexity index is 275. The molecule has 1 rings (SSSR count). The minimum atomic E-state index is -0.588. The van der Waals surface area contributed by atoms with Crippen molar-refractivity contribution in [2.45, 2.75) is 19.4 Å². The fraction of sp³-hybridized carbons (Fsp3) is 0.333. The van der Waals surface area contributed by atoms with Gasteiger partial charge in [-0.25, -0.2) is 4.39 Å². The Labute approximate surface area is 79.4 Å². The standard InChI is InChI=1S/C9H10BrFO/c1-2-9(12)7-5-6(11)3-4-8(7)10/h3-5,9,12H,2H2,1H3/t9-/m1/s1. The van der Waals surface area contributed by atoms with Crippen LogP contribution in [0.3, 0.4) is 0 Å². The van der Waals surface area contributed by atoms with Gasteiger partial charge in [0.2, 0.25) is 0 Å². The molecule has 0 aliphatic heterocycles. The molecule has 0 saturated heterocycles. The van der Waals surface area contributed by atoms with Crippen LogP contribution in [0.5, 0.6) is 0 Å². The molecule has 0 spiro atoms. The first kappa shape index (κ1) is 9.68. The molecule has 1 atom stereocenters. The Kier molecular flexibility index (Phi) is 3.23. The molecule has 0 unspecified atom stereocenters. The van der Waals surface area contributed by atoms with Gasteiger partial charge in [0.05, 0.1) is 6.10 Å². The normalized spacial score (nSPS) is 13.0. The molecule has 1 N–H and O–H groups in total. The first-order valence-electron chi connectivity index (χ1n) is 3.78.